The third kappa shape index (κ3) is 3.25. The van der Waals surface area contributed by atoms with E-state index in [9.17, 15) is 4.79 Å². The fourth-order valence-electron chi connectivity index (χ4n) is 1.61. The van der Waals surface area contributed by atoms with Crippen molar-refractivity contribution in [3.8, 4) is 0 Å². The van der Waals surface area contributed by atoms with Gasteiger partial charge in [0, 0.05) is 25.8 Å². The molecular formula is C11H18ClN3O. The van der Waals surface area contributed by atoms with E-state index < -0.39 is 0 Å². The molecule has 0 aliphatic rings. The van der Waals surface area contributed by atoms with Gasteiger partial charge in [0.25, 0.3) is 5.91 Å². The van der Waals surface area contributed by atoms with Crippen LogP contribution in [0.15, 0.2) is 12.3 Å². The van der Waals surface area contributed by atoms with Gasteiger partial charge in [-0.25, -0.2) is 0 Å². The number of aromatic nitrogens is 1. The highest BCUT2D eigenvalue weighted by Gasteiger charge is 2.14. The summed E-state index contributed by atoms with van der Waals surface area (Å²) in [6, 6.07) is 1.68. The molecule has 1 atom stereocenters. The van der Waals surface area contributed by atoms with Gasteiger partial charge in [-0.1, -0.05) is 24.9 Å². The van der Waals surface area contributed by atoms with Crippen molar-refractivity contribution in [3.05, 3.63) is 23.0 Å². The Morgan fingerprint density at radius 2 is 2.38 bits per heavy atom. The van der Waals surface area contributed by atoms with Crippen molar-refractivity contribution >= 4 is 17.5 Å². The molecular weight excluding hydrogens is 226 g/mol. The fraction of sp³-hybridized carbons (Fsp3) is 0.545. The number of nitrogens with zero attached hydrogens (tertiary/aromatic N) is 1. The number of nitrogens with two attached hydrogens (primary N) is 1. The molecule has 1 aromatic heterocycles. The molecule has 1 amide bonds. The van der Waals surface area contributed by atoms with E-state index in [4.69, 9.17) is 17.3 Å². The van der Waals surface area contributed by atoms with Crippen molar-refractivity contribution in [1.29, 1.82) is 0 Å². The van der Waals surface area contributed by atoms with Gasteiger partial charge in [-0.3, -0.25) is 4.79 Å². The van der Waals surface area contributed by atoms with Crippen LogP contribution in [0.3, 0.4) is 0 Å². The van der Waals surface area contributed by atoms with Gasteiger partial charge in [0.15, 0.2) is 0 Å². The molecule has 0 aliphatic carbocycles. The van der Waals surface area contributed by atoms with E-state index in [-0.39, 0.29) is 11.9 Å². The summed E-state index contributed by atoms with van der Waals surface area (Å²) in [7, 11) is 1.79. The van der Waals surface area contributed by atoms with Crippen molar-refractivity contribution in [1.82, 2.24) is 9.88 Å². The Morgan fingerprint density at radius 1 is 1.69 bits per heavy atom. The fourth-order valence-corrected chi connectivity index (χ4v) is 1.86. The van der Waals surface area contributed by atoms with E-state index in [1.807, 2.05) is 0 Å². The summed E-state index contributed by atoms with van der Waals surface area (Å²) >= 11 is 5.82. The topological polar surface area (TPSA) is 60.0 Å². The Bertz CT molecular complexity index is 362. The highest BCUT2D eigenvalue weighted by Crippen LogP contribution is 2.12. The Hall–Kier alpha value is -1.00. The third-order valence-electron chi connectivity index (χ3n) is 2.46. The number of nitrogens with one attached hydrogen (secondary N) is 1. The van der Waals surface area contributed by atoms with Crippen LogP contribution in [0.2, 0.25) is 5.02 Å². The van der Waals surface area contributed by atoms with Crippen LogP contribution < -0.4 is 11.1 Å². The highest BCUT2D eigenvalue weighted by molar-refractivity contribution is 6.31. The Kier molecular flexibility index (Phi) is 4.83. The zero-order valence-electron chi connectivity index (χ0n) is 9.66. The summed E-state index contributed by atoms with van der Waals surface area (Å²) in [6.45, 7) is 2.52. The van der Waals surface area contributed by atoms with Gasteiger partial charge in [-0.15, -0.1) is 0 Å². The summed E-state index contributed by atoms with van der Waals surface area (Å²) in [6.07, 6.45) is 3.59. The average molecular weight is 244 g/mol. The van der Waals surface area contributed by atoms with Crippen LogP contribution in [0, 0.1) is 0 Å². The maximum absolute atomic E-state index is 11.9. The molecule has 0 aromatic carbocycles. The van der Waals surface area contributed by atoms with Gasteiger partial charge < -0.3 is 15.6 Å². The Morgan fingerprint density at radius 3 is 2.81 bits per heavy atom. The van der Waals surface area contributed by atoms with Gasteiger partial charge in [0.2, 0.25) is 0 Å². The Balaban J connectivity index is 2.67. The number of hydrogen-bond donors (Lipinski definition) is 2. The monoisotopic (exact) mass is 243 g/mol. The van der Waals surface area contributed by atoms with E-state index >= 15 is 0 Å². The first kappa shape index (κ1) is 13.1. The molecule has 4 nitrogen and oxygen atoms in total. The van der Waals surface area contributed by atoms with Crippen molar-refractivity contribution in [3.63, 3.8) is 0 Å². The largest absolute Gasteiger partial charge is 0.347 e. The molecule has 0 fully saturated rings. The second-order valence-electron chi connectivity index (χ2n) is 3.85. The van der Waals surface area contributed by atoms with Gasteiger partial charge in [-0.05, 0) is 12.5 Å². The predicted molar refractivity (Wildman–Crippen MR) is 65.6 cm³/mol. The van der Waals surface area contributed by atoms with E-state index in [1.54, 1.807) is 23.9 Å². The number of halogens is 1. The number of carbonyl (C=O) groups is 1. The lowest BCUT2D eigenvalue weighted by Gasteiger charge is -2.15. The molecule has 1 aromatic rings. The lowest BCUT2D eigenvalue weighted by atomic mass is 10.1. The molecule has 3 N–H and O–H groups in total. The first-order valence-corrected chi connectivity index (χ1v) is 5.79. The van der Waals surface area contributed by atoms with Gasteiger partial charge in [0.05, 0.1) is 5.02 Å². The third-order valence-corrected chi connectivity index (χ3v) is 2.67. The van der Waals surface area contributed by atoms with Crippen LogP contribution in [-0.4, -0.2) is 23.1 Å². The average Bonchev–Trinajstić information content (AvgIpc) is 2.57. The number of rotatable bonds is 5. The predicted octanol–water partition coefficient (Wildman–Crippen LogP) is 1.54. The summed E-state index contributed by atoms with van der Waals surface area (Å²) < 4.78 is 1.71. The van der Waals surface area contributed by atoms with E-state index in [2.05, 4.69) is 12.2 Å². The molecule has 0 saturated heterocycles. The number of amides is 1. The normalized spacial score (nSPS) is 12.5. The molecule has 1 heterocycles. The molecule has 0 bridgehead atoms. The SMILES string of the molecule is CCCC(CN)NC(=O)c1cc(Cl)cn1C. The number of aryl methyl sites for hydroxylation is 1. The summed E-state index contributed by atoms with van der Waals surface area (Å²) in [4.78, 5) is 11.9. The molecule has 1 unspecified atom stereocenters. The standard InChI is InChI=1S/C11H18ClN3O/c1-3-4-9(6-13)14-11(16)10-5-8(12)7-15(10)2/h5,7,9H,3-4,6,13H2,1-2H3,(H,14,16). The minimum Gasteiger partial charge on any atom is -0.347 e. The van der Waals surface area contributed by atoms with E-state index in [0.717, 1.165) is 12.8 Å². The summed E-state index contributed by atoms with van der Waals surface area (Å²) in [5.41, 5.74) is 6.14. The van der Waals surface area contributed by atoms with Crippen molar-refractivity contribution in [2.24, 2.45) is 12.8 Å². The van der Waals surface area contributed by atoms with Crippen LogP contribution in [0.5, 0.6) is 0 Å². The van der Waals surface area contributed by atoms with Crippen LogP contribution >= 0.6 is 11.6 Å². The van der Waals surface area contributed by atoms with Crippen LogP contribution in [-0.2, 0) is 7.05 Å². The van der Waals surface area contributed by atoms with Crippen molar-refractivity contribution in [2.45, 2.75) is 25.8 Å². The molecule has 0 radical (unpaired) electrons. The van der Waals surface area contributed by atoms with Gasteiger partial charge >= 0.3 is 0 Å². The van der Waals surface area contributed by atoms with E-state index in [1.165, 1.54) is 0 Å². The smallest absolute Gasteiger partial charge is 0.268 e. The van der Waals surface area contributed by atoms with Crippen LogP contribution in [0.4, 0.5) is 0 Å². The highest BCUT2D eigenvalue weighted by atomic mass is 35.5. The van der Waals surface area contributed by atoms with Gasteiger partial charge in [0.1, 0.15) is 5.69 Å². The van der Waals surface area contributed by atoms with Crippen LogP contribution in [0.25, 0.3) is 0 Å². The molecule has 1 rings (SSSR count). The molecule has 5 heteroatoms. The zero-order valence-corrected chi connectivity index (χ0v) is 10.4. The maximum Gasteiger partial charge on any atom is 0.268 e. The van der Waals surface area contributed by atoms with Crippen molar-refractivity contribution < 1.29 is 4.79 Å². The summed E-state index contributed by atoms with van der Waals surface area (Å²) in [5.74, 6) is -0.127. The lowest BCUT2D eigenvalue weighted by Crippen LogP contribution is -2.40. The molecule has 0 spiro atoms. The first-order valence-electron chi connectivity index (χ1n) is 5.41. The van der Waals surface area contributed by atoms with E-state index in [0.29, 0.717) is 17.3 Å². The minimum absolute atomic E-state index is 0.0335. The molecule has 0 aliphatic heterocycles. The van der Waals surface area contributed by atoms with Gasteiger partial charge in [-0.2, -0.15) is 0 Å². The maximum atomic E-state index is 11.9. The minimum atomic E-state index is -0.127. The molecule has 90 valence electrons. The Labute approximate surface area is 101 Å². The molecule has 0 saturated carbocycles. The van der Waals surface area contributed by atoms with Crippen molar-refractivity contribution in [2.75, 3.05) is 6.54 Å². The summed E-state index contributed by atoms with van der Waals surface area (Å²) in [5, 5.41) is 3.46. The zero-order chi connectivity index (χ0) is 12.1. The second-order valence-corrected chi connectivity index (χ2v) is 4.29. The molecule has 16 heavy (non-hydrogen) atoms. The first-order chi connectivity index (χ1) is 7.58. The second kappa shape index (κ2) is 5.92. The lowest BCUT2D eigenvalue weighted by molar-refractivity contribution is 0.0928. The number of hydrogen-bond acceptors (Lipinski definition) is 2. The van der Waals surface area contributed by atoms with Crippen LogP contribution in [0.1, 0.15) is 30.3 Å². The number of carbonyl (C=O) groups excluding carboxylic acids is 1. The quantitative estimate of drug-likeness (QED) is 0.824.